The minimum Gasteiger partial charge on any atom is -0.444 e. The highest BCUT2D eigenvalue weighted by atomic mass is 16.6. The van der Waals surface area contributed by atoms with Gasteiger partial charge in [-0.05, 0) is 66.5 Å². The molecule has 0 aromatic carbocycles. The second-order valence-corrected chi connectivity index (χ2v) is 7.64. The molecule has 1 saturated heterocycles. The third-order valence-electron chi connectivity index (χ3n) is 4.47. The molecule has 0 aliphatic carbocycles. The monoisotopic (exact) mass is 338 g/mol. The van der Waals surface area contributed by atoms with Crippen molar-refractivity contribution in [2.75, 3.05) is 13.1 Å². The van der Waals surface area contributed by atoms with Crippen molar-refractivity contribution in [2.24, 2.45) is 5.92 Å². The average Bonchev–Trinajstić information content (AvgIpc) is 2.91. The number of alkyl carbamates (subject to hydrolysis) is 1. The quantitative estimate of drug-likeness (QED) is 0.909. The number of aromatic nitrogens is 2. The molecule has 0 saturated carbocycles. The summed E-state index contributed by atoms with van der Waals surface area (Å²) >= 11 is 0. The first kappa shape index (κ1) is 18.7. The number of carbonyl (C=O) groups is 1. The molecule has 0 unspecified atom stereocenters. The molecular weight excluding hydrogens is 308 g/mol. The van der Waals surface area contributed by atoms with Crippen LogP contribution in [0.25, 0.3) is 0 Å². The number of piperidine rings is 1. The second-order valence-electron chi connectivity index (χ2n) is 7.64. The van der Waals surface area contributed by atoms with Gasteiger partial charge in [0, 0.05) is 13.0 Å². The predicted octanol–water partition coefficient (Wildman–Crippen LogP) is 3.06. The predicted molar refractivity (Wildman–Crippen MR) is 90.6 cm³/mol. The molecule has 0 spiro atoms. The SMILES string of the molecule is Cc1nnc([C@@H](C)N2CCC([C@@H](C)NC(=O)OC(C)(C)C)CC2)o1. The third kappa shape index (κ3) is 5.19. The van der Waals surface area contributed by atoms with Crippen LogP contribution >= 0.6 is 0 Å². The van der Waals surface area contributed by atoms with Gasteiger partial charge in [-0.2, -0.15) is 0 Å². The Kier molecular flexibility index (Phi) is 5.85. The molecule has 2 rings (SSSR count). The van der Waals surface area contributed by atoms with Crippen LogP contribution in [0.5, 0.6) is 0 Å². The van der Waals surface area contributed by atoms with Crippen LogP contribution in [-0.2, 0) is 4.74 Å². The highest BCUT2D eigenvalue weighted by Gasteiger charge is 2.30. The standard InChI is InChI=1S/C17H30N4O3/c1-11(18-16(22)24-17(4,5)6)14-7-9-21(10-8-14)12(2)15-20-19-13(3)23-15/h11-12,14H,7-10H2,1-6H3,(H,18,22)/t11-,12-/m1/s1. The zero-order valence-corrected chi connectivity index (χ0v) is 15.6. The molecule has 136 valence electrons. The highest BCUT2D eigenvalue weighted by molar-refractivity contribution is 5.68. The molecule has 1 aromatic heterocycles. The fourth-order valence-electron chi connectivity index (χ4n) is 3.05. The van der Waals surface area contributed by atoms with E-state index in [1.165, 1.54) is 0 Å². The van der Waals surface area contributed by atoms with E-state index < -0.39 is 5.60 Å². The van der Waals surface area contributed by atoms with E-state index in [1.807, 2.05) is 20.8 Å². The van der Waals surface area contributed by atoms with Gasteiger partial charge in [0.2, 0.25) is 11.8 Å². The molecule has 1 aliphatic rings. The van der Waals surface area contributed by atoms with Gasteiger partial charge in [-0.3, -0.25) is 4.90 Å². The molecule has 1 amide bonds. The van der Waals surface area contributed by atoms with Gasteiger partial charge in [-0.15, -0.1) is 10.2 Å². The number of amides is 1. The van der Waals surface area contributed by atoms with E-state index >= 15 is 0 Å². The van der Waals surface area contributed by atoms with Crippen molar-refractivity contribution in [2.45, 2.75) is 72.1 Å². The Morgan fingerprint density at radius 3 is 2.42 bits per heavy atom. The molecule has 2 atom stereocenters. The van der Waals surface area contributed by atoms with Crippen LogP contribution in [0.1, 0.15) is 65.3 Å². The van der Waals surface area contributed by atoms with Gasteiger partial charge in [0.25, 0.3) is 0 Å². The van der Waals surface area contributed by atoms with Crippen LogP contribution in [-0.4, -0.2) is 45.9 Å². The molecule has 1 fully saturated rings. The number of hydrogen-bond acceptors (Lipinski definition) is 6. The Hall–Kier alpha value is -1.63. The van der Waals surface area contributed by atoms with Crippen molar-refractivity contribution >= 4 is 6.09 Å². The number of rotatable bonds is 4. The summed E-state index contributed by atoms with van der Waals surface area (Å²) in [6.07, 6.45) is 1.70. The average molecular weight is 338 g/mol. The maximum Gasteiger partial charge on any atom is 0.407 e. The highest BCUT2D eigenvalue weighted by Crippen LogP contribution is 2.27. The first-order valence-corrected chi connectivity index (χ1v) is 8.69. The molecule has 24 heavy (non-hydrogen) atoms. The Labute approximate surface area is 144 Å². The first-order valence-electron chi connectivity index (χ1n) is 8.69. The lowest BCUT2D eigenvalue weighted by molar-refractivity contribution is 0.0462. The molecule has 0 bridgehead atoms. The van der Waals surface area contributed by atoms with Gasteiger partial charge in [0.1, 0.15) is 5.60 Å². The van der Waals surface area contributed by atoms with Crippen LogP contribution in [0.3, 0.4) is 0 Å². The number of nitrogens with one attached hydrogen (secondary N) is 1. The van der Waals surface area contributed by atoms with E-state index in [4.69, 9.17) is 9.15 Å². The van der Waals surface area contributed by atoms with E-state index in [-0.39, 0.29) is 18.2 Å². The van der Waals surface area contributed by atoms with Gasteiger partial charge in [0.15, 0.2) is 0 Å². The summed E-state index contributed by atoms with van der Waals surface area (Å²) < 4.78 is 10.9. The van der Waals surface area contributed by atoms with E-state index in [1.54, 1.807) is 6.92 Å². The van der Waals surface area contributed by atoms with E-state index in [9.17, 15) is 4.79 Å². The lowest BCUT2D eigenvalue weighted by atomic mass is 9.90. The first-order chi connectivity index (χ1) is 11.2. The Morgan fingerprint density at radius 2 is 1.92 bits per heavy atom. The van der Waals surface area contributed by atoms with Crippen LogP contribution in [0, 0.1) is 12.8 Å². The lowest BCUT2D eigenvalue weighted by Crippen LogP contribution is -2.45. The number of likely N-dealkylation sites (tertiary alicyclic amines) is 1. The number of nitrogens with zero attached hydrogens (tertiary/aromatic N) is 3. The fraction of sp³-hybridized carbons (Fsp3) is 0.824. The zero-order chi connectivity index (χ0) is 17.9. The summed E-state index contributed by atoms with van der Waals surface area (Å²) in [4.78, 5) is 14.3. The van der Waals surface area contributed by atoms with Crippen molar-refractivity contribution in [1.29, 1.82) is 0 Å². The Morgan fingerprint density at radius 1 is 1.29 bits per heavy atom. The summed E-state index contributed by atoms with van der Waals surface area (Å²) in [5.41, 5.74) is -0.467. The van der Waals surface area contributed by atoms with E-state index in [0.717, 1.165) is 25.9 Å². The summed E-state index contributed by atoms with van der Waals surface area (Å²) in [7, 11) is 0. The van der Waals surface area contributed by atoms with Gasteiger partial charge in [-0.25, -0.2) is 4.79 Å². The molecule has 1 N–H and O–H groups in total. The van der Waals surface area contributed by atoms with Crippen LogP contribution in [0.15, 0.2) is 4.42 Å². The lowest BCUT2D eigenvalue weighted by Gasteiger charge is -2.37. The summed E-state index contributed by atoms with van der Waals surface area (Å²) in [6, 6.07) is 0.226. The summed E-state index contributed by atoms with van der Waals surface area (Å²) in [5.74, 6) is 1.72. The van der Waals surface area contributed by atoms with Crippen molar-refractivity contribution in [1.82, 2.24) is 20.4 Å². The fourth-order valence-corrected chi connectivity index (χ4v) is 3.05. The summed E-state index contributed by atoms with van der Waals surface area (Å²) in [5, 5.41) is 11.0. The Balaban J connectivity index is 1.80. The van der Waals surface area contributed by atoms with Crippen molar-refractivity contribution < 1.29 is 13.9 Å². The number of ether oxygens (including phenoxy) is 1. The number of aryl methyl sites for hydroxylation is 1. The zero-order valence-electron chi connectivity index (χ0n) is 15.6. The number of hydrogen-bond donors (Lipinski definition) is 1. The molecule has 1 aliphatic heterocycles. The summed E-state index contributed by atoms with van der Waals surface area (Å²) in [6.45, 7) is 13.5. The van der Waals surface area contributed by atoms with Gasteiger partial charge >= 0.3 is 6.09 Å². The Bertz CT molecular complexity index is 544. The normalized spacial score (nSPS) is 19.8. The van der Waals surface area contributed by atoms with Crippen molar-refractivity contribution in [3.63, 3.8) is 0 Å². The molecule has 2 heterocycles. The maximum atomic E-state index is 11.9. The minimum absolute atomic E-state index is 0.1000. The van der Waals surface area contributed by atoms with Crippen LogP contribution in [0.4, 0.5) is 4.79 Å². The molecule has 0 radical (unpaired) electrons. The molecule has 1 aromatic rings. The third-order valence-corrected chi connectivity index (χ3v) is 4.47. The van der Waals surface area contributed by atoms with Crippen molar-refractivity contribution in [3.05, 3.63) is 11.8 Å². The largest absolute Gasteiger partial charge is 0.444 e. The smallest absolute Gasteiger partial charge is 0.407 e. The topological polar surface area (TPSA) is 80.5 Å². The van der Waals surface area contributed by atoms with Crippen LogP contribution in [0.2, 0.25) is 0 Å². The van der Waals surface area contributed by atoms with Crippen molar-refractivity contribution in [3.8, 4) is 0 Å². The maximum absolute atomic E-state index is 11.9. The minimum atomic E-state index is -0.467. The van der Waals surface area contributed by atoms with Gasteiger partial charge in [-0.1, -0.05) is 0 Å². The molecule has 7 nitrogen and oxygen atoms in total. The van der Waals surface area contributed by atoms with Gasteiger partial charge < -0.3 is 14.5 Å². The molecular formula is C17H30N4O3. The second kappa shape index (κ2) is 7.51. The van der Waals surface area contributed by atoms with E-state index in [2.05, 4.69) is 34.3 Å². The van der Waals surface area contributed by atoms with E-state index in [0.29, 0.717) is 17.7 Å². The van der Waals surface area contributed by atoms with Crippen LogP contribution < -0.4 is 5.32 Å². The number of carbonyl (C=O) groups excluding carboxylic acids is 1. The van der Waals surface area contributed by atoms with Gasteiger partial charge in [0.05, 0.1) is 6.04 Å². The molecule has 7 heteroatoms.